The van der Waals surface area contributed by atoms with Gasteiger partial charge in [0.2, 0.25) is 12.3 Å². The molecule has 0 aliphatic heterocycles. The highest BCUT2D eigenvalue weighted by Crippen LogP contribution is 2.36. The summed E-state index contributed by atoms with van der Waals surface area (Å²) in [5, 5.41) is 7.55. The van der Waals surface area contributed by atoms with Gasteiger partial charge in [0.1, 0.15) is 6.04 Å². The second-order valence-electron chi connectivity index (χ2n) is 5.45. The molecule has 1 atom stereocenters. The molecular weight excluding hydrogens is 222 g/mol. The van der Waals surface area contributed by atoms with Crippen molar-refractivity contribution in [2.45, 2.75) is 44.9 Å². The molecule has 0 saturated heterocycles. The van der Waals surface area contributed by atoms with E-state index < -0.39 is 8.32 Å². The third-order valence-electron chi connectivity index (χ3n) is 3.12. The van der Waals surface area contributed by atoms with Gasteiger partial charge in [-0.2, -0.15) is 0 Å². The Hall–Kier alpha value is -0.723. The minimum absolute atomic E-state index is 0.182. The molecule has 16 heavy (non-hydrogen) atoms. The Kier molecular flexibility index (Phi) is 3.87. The topological polar surface area (TPSA) is 74.2 Å². The number of hydrogen-bond donors (Lipinski definition) is 1. The summed E-state index contributed by atoms with van der Waals surface area (Å²) in [6.45, 7) is 11.4. The van der Waals surface area contributed by atoms with E-state index in [1.807, 2.05) is 0 Å². The highest BCUT2D eigenvalue weighted by atomic mass is 28.4. The Labute approximate surface area is 97.5 Å². The molecule has 0 spiro atoms. The molecule has 0 amide bonds. The zero-order valence-electron chi connectivity index (χ0n) is 10.7. The van der Waals surface area contributed by atoms with E-state index in [9.17, 15) is 0 Å². The molecule has 1 rings (SSSR count). The molecule has 6 heteroatoms. The van der Waals surface area contributed by atoms with Gasteiger partial charge in [0, 0.05) is 0 Å². The summed E-state index contributed by atoms with van der Waals surface area (Å²) < 4.78 is 11.0. The first-order valence-corrected chi connectivity index (χ1v) is 8.30. The van der Waals surface area contributed by atoms with Crippen LogP contribution >= 0.6 is 0 Å². The van der Waals surface area contributed by atoms with Crippen LogP contribution in [0.2, 0.25) is 18.1 Å². The van der Waals surface area contributed by atoms with Crippen molar-refractivity contribution in [2.24, 2.45) is 5.73 Å². The van der Waals surface area contributed by atoms with Gasteiger partial charge in [-0.25, -0.2) is 0 Å². The summed E-state index contributed by atoms with van der Waals surface area (Å²) in [6.07, 6.45) is 1.28. The van der Waals surface area contributed by atoms with Crippen molar-refractivity contribution in [3.63, 3.8) is 0 Å². The van der Waals surface area contributed by atoms with Crippen LogP contribution in [0.4, 0.5) is 0 Å². The van der Waals surface area contributed by atoms with Crippen molar-refractivity contribution in [3.05, 3.63) is 12.3 Å². The lowest BCUT2D eigenvalue weighted by Crippen LogP contribution is -2.42. The van der Waals surface area contributed by atoms with E-state index in [0.29, 0.717) is 12.5 Å². The molecule has 0 aliphatic carbocycles. The largest absolute Gasteiger partial charge is 0.426 e. The third-order valence-corrected chi connectivity index (χ3v) is 7.62. The van der Waals surface area contributed by atoms with Gasteiger partial charge in [-0.3, -0.25) is 0 Å². The maximum Gasteiger partial charge on any atom is 0.235 e. The van der Waals surface area contributed by atoms with Crippen molar-refractivity contribution >= 4 is 8.32 Å². The van der Waals surface area contributed by atoms with Crippen molar-refractivity contribution < 1.29 is 8.84 Å². The standard InChI is InChI=1S/C10H21N3O2Si/c1-10(2,3)16(4,5)15-6-8(11)9-13-12-7-14-9/h7-8H,6,11H2,1-5H3/t8-/m0/s1. The molecule has 92 valence electrons. The normalized spacial score (nSPS) is 15.1. The van der Waals surface area contributed by atoms with Gasteiger partial charge >= 0.3 is 0 Å². The predicted molar refractivity (Wildman–Crippen MR) is 64.4 cm³/mol. The van der Waals surface area contributed by atoms with E-state index in [0.717, 1.165) is 0 Å². The first-order valence-electron chi connectivity index (χ1n) is 5.39. The van der Waals surface area contributed by atoms with Crippen LogP contribution in [0.15, 0.2) is 10.8 Å². The Morgan fingerprint density at radius 2 is 2.12 bits per heavy atom. The lowest BCUT2D eigenvalue weighted by atomic mass is 10.2. The molecule has 0 saturated carbocycles. The van der Waals surface area contributed by atoms with Crippen LogP contribution in [0.25, 0.3) is 0 Å². The van der Waals surface area contributed by atoms with Crippen LogP contribution in [0.3, 0.4) is 0 Å². The van der Waals surface area contributed by atoms with Gasteiger partial charge < -0.3 is 14.6 Å². The third kappa shape index (κ3) is 3.13. The van der Waals surface area contributed by atoms with Crippen LogP contribution in [0.5, 0.6) is 0 Å². The summed E-state index contributed by atoms with van der Waals surface area (Å²) in [5.41, 5.74) is 5.89. The Bertz CT molecular complexity index is 319. The van der Waals surface area contributed by atoms with Crippen molar-refractivity contribution in [2.75, 3.05) is 6.61 Å². The Morgan fingerprint density at radius 1 is 1.50 bits per heavy atom. The van der Waals surface area contributed by atoms with E-state index >= 15 is 0 Å². The van der Waals surface area contributed by atoms with Crippen molar-refractivity contribution in [1.82, 2.24) is 10.2 Å². The Morgan fingerprint density at radius 3 is 2.56 bits per heavy atom. The first kappa shape index (κ1) is 13.3. The predicted octanol–water partition coefficient (Wildman–Crippen LogP) is 2.09. The monoisotopic (exact) mass is 243 g/mol. The Balaban J connectivity index is 2.52. The molecule has 0 unspecified atom stereocenters. The molecule has 0 aromatic carbocycles. The van der Waals surface area contributed by atoms with Crippen LogP contribution in [-0.2, 0) is 4.43 Å². The van der Waals surface area contributed by atoms with Crippen LogP contribution in [-0.4, -0.2) is 25.1 Å². The second-order valence-corrected chi connectivity index (χ2v) is 10.3. The number of nitrogens with zero attached hydrogens (tertiary/aromatic N) is 2. The van der Waals surface area contributed by atoms with E-state index in [1.54, 1.807) is 0 Å². The summed E-state index contributed by atoms with van der Waals surface area (Å²) in [5.74, 6) is 0.429. The molecule has 1 aromatic rings. The van der Waals surface area contributed by atoms with Gasteiger partial charge in [-0.15, -0.1) is 10.2 Å². The van der Waals surface area contributed by atoms with Gasteiger partial charge in [0.25, 0.3) is 0 Å². The quantitative estimate of drug-likeness (QED) is 0.820. The van der Waals surface area contributed by atoms with Gasteiger partial charge in [0.15, 0.2) is 8.32 Å². The van der Waals surface area contributed by atoms with E-state index in [2.05, 4.69) is 44.1 Å². The molecule has 1 aromatic heterocycles. The molecule has 0 fully saturated rings. The van der Waals surface area contributed by atoms with Crippen LogP contribution in [0, 0.1) is 0 Å². The maximum atomic E-state index is 5.97. The number of aromatic nitrogens is 2. The molecule has 2 N–H and O–H groups in total. The molecule has 0 aliphatic rings. The zero-order chi connectivity index (χ0) is 12.4. The fourth-order valence-electron chi connectivity index (χ4n) is 0.929. The molecular formula is C10H21N3O2Si. The van der Waals surface area contributed by atoms with Crippen LogP contribution in [0.1, 0.15) is 32.7 Å². The van der Waals surface area contributed by atoms with Gasteiger partial charge in [0.05, 0.1) is 6.61 Å². The SMILES string of the molecule is CC(C)(C)[Si](C)(C)OC[C@H](N)c1nnco1. The van der Waals surface area contributed by atoms with Gasteiger partial charge in [-0.1, -0.05) is 20.8 Å². The molecule has 0 radical (unpaired) electrons. The fourth-order valence-corrected chi connectivity index (χ4v) is 1.96. The number of rotatable bonds is 4. The second kappa shape index (κ2) is 4.64. The van der Waals surface area contributed by atoms with E-state index in [1.165, 1.54) is 6.39 Å². The lowest BCUT2D eigenvalue weighted by molar-refractivity contribution is 0.247. The smallest absolute Gasteiger partial charge is 0.235 e. The minimum Gasteiger partial charge on any atom is -0.426 e. The van der Waals surface area contributed by atoms with Crippen molar-refractivity contribution in [1.29, 1.82) is 0 Å². The van der Waals surface area contributed by atoms with E-state index in [4.69, 9.17) is 14.6 Å². The van der Waals surface area contributed by atoms with Gasteiger partial charge in [-0.05, 0) is 18.1 Å². The highest BCUT2D eigenvalue weighted by molar-refractivity contribution is 6.74. The lowest BCUT2D eigenvalue weighted by Gasteiger charge is -2.36. The summed E-state index contributed by atoms with van der Waals surface area (Å²) in [7, 11) is -1.75. The van der Waals surface area contributed by atoms with E-state index in [-0.39, 0.29) is 11.1 Å². The maximum absolute atomic E-state index is 5.97. The zero-order valence-corrected chi connectivity index (χ0v) is 11.7. The number of hydrogen-bond acceptors (Lipinski definition) is 5. The molecule has 1 heterocycles. The summed E-state index contributed by atoms with van der Waals surface area (Å²) in [6, 6.07) is -0.336. The van der Waals surface area contributed by atoms with Crippen molar-refractivity contribution in [3.8, 4) is 0 Å². The highest BCUT2D eigenvalue weighted by Gasteiger charge is 2.37. The van der Waals surface area contributed by atoms with Crippen LogP contribution < -0.4 is 5.73 Å². The molecule has 0 bridgehead atoms. The first-order chi connectivity index (χ1) is 7.24. The fraction of sp³-hybridized carbons (Fsp3) is 0.800. The average molecular weight is 243 g/mol. The average Bonchev–Trinajstić information content (AvgIpc) is 2.65. The number of nitrogens with two attached hydrogens (primary N) is 1. The molecule has 5 nitrogen and oxygen atoms in total. The summed E-state index contributed by atoms with van der Waals surface area (Å²) >= 11 is 0. The minimum atomic E-state index is -1.75. The summed E-state index contributed by atoms with van der Waals surface area (Å²) in [4.78, 5) is 0.